The van der Waals surface area contributed by atoms with E-state index in [-0.39, 0.29) is 41.5 Å². The molecule has 1 aliphatic heterocycles. The minimum atomic E-state index is -3.65. The number of carbonyl (C=O) groups excluding carboxylic acids is 2. The SMILES string of the molecule is COc1ccc(C)cc1N1CC(C(=O)Nc2ccc(S(=O)(=O)N(CC(C)C)CC(C)C)cc2)CC1=O. The van der Waals surface area contributed by atoms with Crippen LogP contribution in [0.3, 0.4) is 0 Å². The highest BCUT2D eigenvalue weighted by molar-refractivity contribution is 7.89. The van der Waals surface area contributed by atoms with Gasteiger partial charge in [-0.2, -0.15) is 4.31 Å². The number of benzene rings is 2. The van der Waals surface area contributed by atoms with Crippen molar-refractivity contribution in [3.63, 3.8) is 0 Å². The van der Waals surface area contributed by atoms with Crippen LogP contribution in [0, 0.1) is 24.7 Å². The molecular weight excluding hydrogens is 478 g/mol. The van der Waals surface area contributed by atoms with Gasteiger partial charge in [-0.3, -0.25) is 9.59 Å². The van der Waals surface area contributed by atoms with Crippen LogP contribution in [0.5, 0.6) is 5.75 Å². The summed E-state index contributed by atoms with van der Waals surface area (Å²) in [6, 6.07) is 11.8. The highest BCUT2D eigenvalue weighted by atomic mass is 32.2. The van der Waals surface area contributed by atoms with Crippen LogP contribution in [-0.2, 0) is 19.6 Å². The van der Waals surface area contributed by atoms with Crippen LogP contribution in [0.2, 0.25) is 0 Å². The zero-order chi connectivity index (χ0) is 26.6. The number of hydrogen-bond acceptors (Lipinski definition) is 5. The number of anilines is 2. The van der Waals surface area contributed by atoms with E-state index in [9.17, 15) is 18.0 Å². The van der Waals surface area contributed by atoms with Crippen LogP contribution in [0.25, 0.3) is 0 Å². The van der Waals surface area contributed by atoms with Gasteiger partial charge in [0.15, 0.2) is 0 Å². The van der Waals surface area contributed by atoms with E-state index in [1.807, 2.05) is 52.8 Å². The van der Waals surface area contributed by atoms with Gasteiger partial charge in [0.05, 0.1) is 23.6 Å². The maximum atomic E-state index is 13.2. The number of hydrogen-bond donors (Lipinski definition) is 1. The second-order valence-electron chi connectivity index (χ2n) is 10.2. The smallest absolute Gasteiger partial charge is 0.243 e. The van der Waals surface area contributed by atoms with Crippen molar-refractivity contribution in [3.05, 3.63) is 48.0 Å². The lowest BCUT2D eigenvalue weighted by atomic mass is 10.1. The van der Waals surface area contributed by atoms with E-state index in [0.29, 0.717) is 30.2 Å². The second kappa shape index (κ2) is 11.4. The number of sulfonamides is 1. The first-order valence-corrected chi connectivity index (χ1v) is 13.7. The molecule has 0 spiro atoms. The Hall–Kier alpha value is -2.91. The zero-order valence-electron chi connectivity index (χ0n) is 21.9. The predicted octanol–water partition coefficient (Wildman–Crippen LogP) is 4.30. The summed E-state index contributed by atoms with van der Waals surface area (Å²) in [6.45, 7) is 11.0. The fraction of sp³-hybridized carbons (Fsp3) is 0.481. The molecule has 0 aliphatic carbocycles. The molecule has 1 atom stereocenters. The van der Waals surface area contributed by atoms with Crippen molar-refractivity contribution in [2.75, 3.05) is 37.0 Å². The van der Waals surface area contributed by atoms with Crippen molar-refractivity contribution in [2.24, 2.45) is 17.8 Å². The van der Waals surface area contributed by atoms with Crippen molar-refractivity contribution in [1.82, 2.24) is 4.31 Å². The van der Waals surface area contributed by atoms with Gasteiger partial charge in [0.1, 0.15) is 5.75 Å². The van der Waals surface area contributed by atoms with Crippen molar-refractivity contribution < 1.29 is 22.7 Å². The molecule has 1 saturated heterocycles. The summed E-state index contributed by atoms with van der Waals surface area (Å²) in [7, 11) is -2.10. The maximum Gasteiger partial charge on any atom is 0.243 e. The Balaban J connectivity index is 1.71. The molecule has 0 saturated carbocycles. The molecule has 0 radical (unpaired) electrons. The standard InChI is InChI=1S/C27H37N3O5S/c1-18(2)15-29(16-19(3)4)36(33,34)23-10-8-22(9-11-23)28-27(32)21-14-26(31)30(17-21)24-13-20(5)7-12-25(24)35-6/h7-13,18-19,21H,14-17H2,1-6H3,(H,28,32). The van der Waals surface area contributed by atoms with Gasteiger partial charge in [-0.25, -0.2) is 8.42 Å². The lowest BCUT2D eigenvalue weighted by Gasteiger charge is -2.25. The summed E-state index contributed by atoms with van der Waals surface area (Å²) >= 11 is 0. The predicted molar refractivity (Wildman–Crippen MR) is 142 cm³/mol. The molecule has 3 rings (SSSR count). The van der Waals surface area contributed by atoms with E-state index in [4.69, 9.17) is 4.74 Å². The van der Waals surface area contributed by atoms with Crippen LogP contribution in [0.15, 0.2) is 47.4 Å². The molecule has 1 heterocycles. The molecule has 8 nitrogen and oxygen atoms in total. The minimum Gasteiger partial charge on any atom is -0.495 e. The van der Waals surface area contributed by atoms with Gasteiger partial charge in [-0.1, -0.05) is 33.8 Å². The normalized spacial score (nSPS) is 16.3. The molecule has 1 N–H and O–H groups in total. The fourth-order valence-corrected chi connectivity index (χ4v) is 6.08. The Morgan fingerprint density at radius 1 is 1.08 bits per heavy atom. The molecule has 1 unspecified atom stereocenters. The topological polar surface area (TPSA) is 96.0 Å². The van der Waals surface area contributed by atoms with Gasteiger partial charge < -0.3 is 15.0 Å². The van der Waals surface area contributed by atoms with Crippen LogP contribution < -0.4 is 15.0 Å². The number of nitrogens with one attached hydrogen (secondary N) is 1. The van der Waals surface area contributed by atoms with Crippen molar-refractivity contribution >= 4 is 33.2 Å². The Kier molecular flexibility index (Phi) is 8.79. The number of methoxy groups -OCH3 is 1. The van der Waals surface area contributed by atoms with Crippen LogP contribution >= 0.6 is 0 Å². The van der Waals surface area contributed by atoms with E-state index in [1.165, 1.54) is 16.4 Å². The number of aryl methyl sites for hydroxylation is 1. The molecule has 2 aromatic rings. The fourth-order valence-electron chi connectivity index (χ4n) is 4.32. The minimum absolute atomic E-state index is 0.0920. The van der Waals surface area contributed by atoms with E-state index in [2.05, 4.69) is 5.32 Å². The number of carbonyl (C=O) groups is 2. The third kappa shape index (κ3) is 6.44. The van der Waals surface area contributed by atoms with Gasteiger partial charge in [-0.05, 0) is 60.7 Å². The number of amides is 2. The molecule has 0 aromatic heterocycles. The number of ether oxygens (including phenoxy) is 1. The maximum absolute atomic E-state index is 13.2. The molecule has 1 aliphatic rings. The number of nitrogens with zero attached hydrogens (tertiary/aromatic N) is 2. The zero-order valence-corrected chi connectivity index (χ0v) is 22.8. The van der Waals surface area contributed by atoms with Crippen molar-refractivity contribution in [1.29, 1.82) is 0 Å². The largest absolute Gasteiger partial charge is 0.495 e. The van der Waals surface area contributed by atoms with Crippen LogP contribution in [-0.4, -0.2) is 51.3 Å². The summed E-state index contributed by atoms with van der Waals surface area (Å²) in [5.74, 6) is 0.0239. The Morgan fingerprint density at radius 2 is 1.69 bits per heavy atom. The van der Waals surface area contributed by atoms with E-state index in [0.717, 1.165) is 5.56 Å². The first-order chi connectivity index (χ1) is 16.9. The molecule has 1 fully saturated rings. The first kappa shape index (κ1) is 27.7. The molecule has 2 amide bonds. The Bertz CT molecular complexity index is 1180. The Morgan fingerprint density at radius 3 is 2.25 bits per heavy atom. The average molecular weight is 516 g/mol. The molecular formula is C27H37N3O5S. The van der Waals surface area contributed by atoms with Crippen LogP contribution in [0.1, 0.15) is 39.7 Å². The van der Waals surface area contributed by atoms with Crippen molar-refractivity contribution in [3.8, 4) is 5.75 Å². The van der Waals surface area contributed by atoms with E-state index >= 15 is 0 Å². The lowest BCUT2D eigenvalue weighted by molar-refractivity contribution is -0.122. The second-order valence-corrected chi connectivity index (χ2v) is 12.1. The van der Waals surface area contributed by atoms with Crippen LogP contribution in [0.4, 0.5) is 11.4 Å². The highest BCUT2D eigenvalue weighted by Crippen LogP contribution is 2.34. The highest BCUT2D eigenvalue weighted by Gasteiger charge is 2.36. The average Bonchev–Trinajstić information content (AvgIpc) is 3.20. The summed E-state index contributed by atoms with van der Waals surface area (Å²) in [5.41, 5.74) is 2.12. The molecule has 9 heteroatoms. The van der Waals surface area contributed by atoms with E-state index < -0.39 is 15.9 Å². The third-order valence-corrected chi connectivity index (χ3v) is 7.86. The lowest BCUT2D eigenvalue weighted by Crippen LogP contribution is -2.37. The summed E-state index contributed by atoms with van der Waals surface area (Å²) in [5, 5.41) is 2.83. The molecule has 2 aromatic carbocycles. The monoisotopic (exact) mass is 515 g/mol. The number of rotatable bonds is 10. The summed E-state index contributed by atoms with van der Waals surface area (Å²) in [4.78, 5) is 27.4. The molecule has 196 valence electrons. The van der Waals surface area contributed by atoms with Gasteiger partial charge in [0.25, 0.3) is 0 Å². The van der Waals surface area contributed by atoms with Gasteiger partial charge >= 0.3 is 0 Å². The summed E-state index contributed by atoms with van der Waals surface area (Å²) < 4.78 is 33.4. The first-order valence-electron chi connectivity index (χ1n) is 12.3. The Labute approximate surface area is 214 Å². The third-order valence-electron chi connectivity index (χ3n) is 6.02. The van der Waals surface area contributed by atoms with Gasteiger partial charge in [0, 0.05) is 31.7 Å². The van der Waals surface area contributed by atoms with Gasteiger partial charge in [-0.15, -0.1) is 0 Å². The van der Waals surface area contributed by atoms with Gasteiger partial charge in [0.2, 0.25) is 21.8 Å². The molecule has 0 bridgehead atoms. The summed E-state index contributed by atoms with van der Waals surface area (Å²) in [6.07, 6.45) is 0.0920. The van der Waals surface area contributed by atoms with E-state index in [1.54, 1.807) is 24.1 Å². The quantitative estimate of drug-likeness (QED) is 0.509. The molecule has 36 heavy (non-hydrogen) atoms. The van der Waals surface area contributed by atoms with Crippen molar-refractivity contribution in [2.45, 2.75) is 45.9 Å².